The Morgan fingerprint density at radius 3 is 2.23 bits per heavy atom. The average Bonchev–Trinajstić information content (AvgIpc) is 3.33. The maximum absolute atomic E-state index is 13.1. The Hall–Kier alpha value is -1.28. The van der Waals surface area contributed by atoms with Gasteiger partial charge in [-0.3, -0.25) is 9.09 Å². The van der Waals surface area contributed by atoms with Gasteiger partial charge in [-0.25, -0.2) is 18.9 Å². The molecular weight excluding hydrogens is 309 g/mol. The molecule has 22 heavy (non-hydrogen) atoms. The third-order valence-corrected chi connectivity index (χ3v) is 6.59. The van der Waals surface area contributed by atoms with Crippen LogP contribution in [0.15, 0.2) is 6.20 Å². The van der Waals surface area contributed by atoms with Gasteiger partial charge in [0.1, 0.15) is 12.3 Å². The van der Waals surface area contributed by atoms with E-state index in [0.717, 1.165) is 26.2 Å². The molecule has 0 radical (unpaired) electrons. The Bertz CT molecular complexity index is 621. The summed E-state index contributed by atoms with van der Waals surface area (Å²) in [6, 6.07) is 0. The van der Waals surface area contributed by atoms with E-state index in [2.05, 4.69) is 4.98 Å². The molecule has 0 amide bonds. The van der Waals surface area contributed by atoms with Crippen molar-refractivity contribution in [1.82, 2.24) is 18.9 Å². The molecule has 122 valence electrons. The van der Waals surface area contributed by atoms with Crippen LogP contribution >= 0.6 is 7.67 Å². The SMILES string of the molecule is CC(C)C(OP(=O)(N1CC1)N1CC1)c1ncc([N+](=O)[O-])n1C. The lowest BCUT2D eigenvalue weighted by Crippen LogP contribution is -2.19. The molecule has 1 aromatic heterocycles. The van der Waals surface area contributed by atoms with E-state index in [1.165, 1.54) is 10.8 Å². The lowest BCUT2D eigenvalue weighted by molar-refractivity contribution is -0.391. The van der Waals surface area contributed by atoms with Gasteiger partial charge in [-0.15, -0.1) is 0 Å². The Balaban J connectivity index is 1.90. The van der Waals surface area contributed by atoms with E-state index in [-0.39, 0.29) is 11.7 Å². The van der Waals surface area contributed by atoms with E-state index in [1.54, 1.807) is 7.05 Å². The molecule has 9 nitrogen and oxygen atoms in total. The van der Waals surface area contributed by atoms with Gasteiger partial charge in [-0.05, 0) is 10.8 Å². The summed E-state index contributed by atoms with van der Waals surface area (Å²) in [6.07, 6.45) is 0.666. The van der Waals surface area contributed by atoms with Crippen molar-refractivity contribution < 1.29 is 14.0 Å². The highest BCUT2D eigenvalue weighted by Crippen LogP contribution is 2.63. The first-order valence-corrected chi connectivity index (χ1v) is 8.83. The number of hydrogen-bond acceptors (Lipinski definition) is 5. The van der Waals surface area contributed by atoms with Crippen molar-refractivity contribution in [3.8, 4) is 0 Å². The molecule has 3 rings (SSSR count). The molecule has 2 saturated heterocycles. The molecule has 0 spiro atoms. The highest BCUT2D eigenvalue weighted by atomic mass is 31.2. The summed E-state index contributed by atoms with van der Waals surface area (Å²) in [5, 5.41) is 11.0. The number of imidazole rings is 1. The van der Waals surface area contributed by atoms with Crippen molar-refractivity contribution in [3.63, 3.8) is 0 Å². The van der Waals surface area contributed by atoms with Crippen LogP contribution in [0.4, 0.5) is 5.82 Å². The molecule has 10 heteroatoms. The van der Waals surface area contributed by atoms with E-state index in [1.807, 2.05) is 23.2 Å². The number of nitro groups is 1. The summed E-state index contributed by atoms with van der Waals surface area (Å²) in [6.45, 7) is 6.91. The molecule has 2 aliphatic heterocycles. The Morgan fingerprint density at radius 1 is 1.32 bits per heavy atom. The van der Waals surface area contributed by atoms with Gasteiger partial charge in [0.15, 0.2) is 0 Å². The van der Waals surface area contributed by atoms with Gasteiger partial charge in [0.2, 0.25) is 5.82 Å². The summed E-state index contributed by atoms with van der Waals surface area (Å²) in [5.41, 5.74) is 0. The second-order valence-corrected chi connectivity index (χ2v) is 8.28. The van der Waals surface area contributed by atoms with Gasteiger partial charge in [-0.1, -0.05) is 13.8 Å². The predicted octanol–water partition coefficient (Wildman–Crippen LogP) is 1.78. The Labute approximate surface area is 128 Å². The molecule has 0 saturated carbocycles. The van der Waals surface area contributed by atoms with Gasteiger partial charge >= 0.3 is 13.5 Å². The minimum absolute atomic E-state index is 0.00562. The first-order chi connectivity index (χ1) is 10.3. The summed E-state index contributed by atoms with van der Waals surface area (Å²) < 4.78 is 24.2. The first kappa shape index (κ1) is 15.6. The third-order valence-electron chi connectivity index (χ3n) is 3.86. The third kappa shape index (κ3) is 2.69. The van der Waals surface area contributed by atoms with Crippen LogP contribution in [-0.2, 0) is 16.1 Å². The second kappa shape index (κ2) is 5.42. The monoisotopic (exact) mass is 329 g/mol. The van der Waals surface area contributed by atoms with E-state index in [0.29, 0.717) is 5.82 Å². The van der Waals surface area contributed by atoms with Crippen LogP contribution in [0.3, 0.4) is 0 Å². The molecule has 2 fully saturated rings. The van der Waals surface area contributed by atoms with Crippen LogP contribution in [-0.4, -0.2) is 50.0 Å². The zero-order valence-electron chi connectivity index (χ0n) is 12.9. The molecule has 0 aromatic carbocycles. The van der Waals surface area contributed by atoms with Gasteiger partial charge in [0, 0.05) is 26.2 Å². The number of rotatable bonds is 7. The van der Waals surface area contributed by atoms with Crippen molar-refractivity contribution in [3.05, 3.63) is 22.1 Å². The predicted molar refractivity (Wildman–Crippen MR) is 79.3 cm³/mol. The standard InChI is InChI=1S/C12H20N5O4P/c1-9(2)11(12-13-8-10(14(12)3)17(18)19)21-22(20,15-4-5-15)16-6-7-16/h8-9,11H,4-7H2,1-3H3. The molecule has 0 N–H and O–H groups in total. The van der Waals surface area contributed by atoms with Crippen LogP contribution in [0, 0.1) is 16.0 Å². The highest BCUT2D eigenvalue weighted by molar-refractivity contribution is 7.54. The molecule has 1 aromatic rings. The Morgan fingerprint density at radius 2 is 1.86 bits per heavy atom. The van der Waals surface area contributed by atoms with Crippen LogP contribution in [0.25, 0.3) is 0 Å². The van der Waals surface area contributed by atoms with Crippen LogP contribution in [0.2, 0.25) is 0 Å². The molecule has 3 heterocycles. The smallest absolute Gasteiger partial charge is 0.347 e. The fourth-order valence-corrected chi connectivity index (χ4v) is 4.82. The van der Waals surface area contributed by atoms with E-state index in [4.69, 9.17) is 4.52 Å². The second-order valence-electron chi connectivity index (χ2n) is 5.96. The van der Waals surface area contributed by atoms with Gasteiger partial charge < -0.3 is 10.1 Å². The Kier molecular flexibility index (Phi) is 3.84. The molecular formula is C12H20N5O4P. The van der Waals surface area contributed by atoms with Crippen molar-refractivity contribution in [2.24, 2.45) is 13.0 Å². The lowest BCUT2D eigenvalue weighted by atomic mass is 10.1. The van der Waals surface area contributed by atoms with Gasteiger partial charge in [0.25, 0.3) is 0 Å². The van der Waals surface area contributed by atoms with E-state index in [9.17, 15) is 14.7 Å². The molecule has 2 aliphatic rings. The van der Waals surface area contributed by atoms with Crippen LogP contribution < -0.4 is 0 Å². The van der Waals surface area contributed by atoms with Gasteiger partial charge in [-0.2, -0.15) is 0 Å². The summed E-state index contributed by atoms with van der Waals surface area (Å²) >= 11 is 0. The topological polar surface area (TPSA) is 93.3 Å². The van der Waals surface area contributed by atoms with Crippen molar-refractivity contribution in [2.75, 3.05) is 26.2 Å². The van der Waals surface area contributed by atoms with Crippen LogP contribution in [0.5, 0.6) is 0 Å². The summed E-state index contributed by atoms with van der Waals surface area (Å²) in [7, 11) is -1.43. The lowest BCUT2D eigenvalue weighted by Gasteiger charge is -2.26. The minimum atomic E-state index is -3.01. The largest absolute Gasteiger partial charge is 0.358 e. The maximum atomic E-state index is 13.1. The van der Waals surface area contributed by atoms with Crippen molar-refractivity contribution in [2.45, 2.75) is 20.0 Å². The summed E-state index contributed by atoms with van der Waals surface area (Å²) in [5.74, 6) is 0.331. The maximum Gasteiger partial charge on any atom is 0.347 e. The van der Waals surface area contributed by atoms with Crippen LogP contribution in [0.1, 0.15) is 25.8 Å². The fraction of sp³-hybridized carbons (Fsp3) is 0.750. The highest BCUT2D eigenvalue weighted by Gasteiger charge is 2.51. The number of hydrogen-bond donors (Lipinski definition) is 0. The number of nitrogens with zero attached hydrogens (tertiary/aromatic N) is 5. The zero-order valence-corrected chi connectivity index (χ0v) is 13.8. The molecule has 0 aliphatic carbocycles. The molecule has 1 unspecified atom stereocenters. The molecule has 0 bridgehead atoms. The fourth-order valence-electron chi connectivity index (χ4n) is 2.37. The van der Waals surface area contributed by atoms with E-state index >= 15 is 0 Å². The van der Waals surface area contributed by atoms with E-state index < -0.39 is 18.7 Å². The average molecular weight is 329 g/mol. The van der Waals surface area contributed by atoms with Gasteiger partial charge in [0.05, 0.1) is 7.05 Å². The first-order valence-electron chi connectivity index (χ1n) is 7.30. The van der Waals surface area contributed by atoms with Crippen molar-refractivity contribution in [1.29, 1.82) is 0 Å². The van der Waals surface area contributed by atoms with Crippen molar-refractivity contribution >= 4 is 13.5 Å². The quantitative estimate of drug-likeness (QED) is 0.326. The number of aromatic nitrogens is 2. The zero-order chi connectivity index (χ0) is 16.1. The minimum Gasteiger partial charge on any atom is -0.358 e. The molecule has 1 atom stereocenters. The summed E-state index contributed by atoms with van der Waals surface area (Å²) in [4.78, 5) is 14.6. The normalized spacial score (nSPS) is 20.4.